The van der Waals surface area contributed by atoms with E-state index in [-0.39, 0.29) is 28.2 Å². The van der Waals surface area contributed by atoms with Gasteiger partial charge >= 0.3 is 5.97 Å². The molecule has 0 aliphatic carbocycles. The summed E-state index contributed by atoms with van der Waals surface area (Å²) in [4.78, 5) is 24.5. The second-order valence-corrected chi connectivity index (χ2v) is 9.98. The summed E-state index contributed by atoms with van der Waals surface area (Å²) in [6.45, 7) is 1.38. The highest BCUT2D eigenvalue weighted by molar-refractivity contribution is 5.86. The highest BCUT2D eigenvalue weighted by Crippen LogP contribution is 2.35. The molecule has 3 heterocycles. The van der Waals surface area contributed by atoms with E-state index in [4.69, 9.17) is 23.4 Å². The van der Waals surface area contributed by atoms with Gasteiger partial charge in [-0.25, -0.2) is 4.79 Å². The van der Waals surface area contributed by atoms with E-state index in [1.54, 1.807) is 0 Å². The average molecular weight is 593 g/mol. The molecule has 0 bridgehead atoms. The number of hydrogen-bond acceptors (Lipinski definition) is 14. The molecule has 0 radical (unpaired) electrons. The first kappa shape index (κ1) is 29.7. The molecule has 10 atom stereocenters. The van der Waals surface area contributed by atoms with Gasteiger partial charge in [0.15, 0.2) is 23.9 Å². The van der Waals surface area contributed by atoms with E-state index in [9.17, 15) is 50.4 Å². The highest BCUT2D eigenvalue weighted by atomic mass is 16.8. The van der Waals surface area contributed by atoms with Gasteiger partial charge in [-0.1, -0.05) is 0 Å². The van der Waals surface area contributed by atoms with Crippen LogP contribution in [0.2, 0.25) is 0 Å². The summed E-state index contributed by atoms with van der Waals surface area (Å²) in [7, 11) is 0. The monoisotopic (exact) mass is 592 g/mol. The second-order valence-electron chi connectivity index (χ2n) is 9.98. The van der Waals surface area contributed by atoms with Gasteiger partial charge in [0.05, 0.1) is 6.10 Å². The summed E-state index contributed by atoms with van der Waals surface area (Å²) in [6, 6.07) is 9.07. The molecule has 2 saturated heterocycles. The Kier molecular flexibility index (Phi) is 8.10. The van der Waals surface area contributed by atoms with Gasteiger partial charge in [-0.15, -0.1) is 0 Å². The molecule has 42 heavy (non-hydrogen) atoms. The maximum Gasteiger partial charge on any atom is 0.335 e. The molecule has 0 amide bonds. The Morgan fingerprint density at radius 1 is 0.833 bits per heavy atom. The molecular formula is C27H28O15. The first-order valence-electron chi connectivity index (χ1n) is 12.7. The second kappa shape index (κ2) is 11.5. The van der Waals surface area contributed by atoms with Crippen molar-refractivity contribution < 1.29 is 69.0 Å². The zero-order chi connectivity index (χ0) is 30.5. The van der Waals surface area contributed by atoms with E-state index in [0.717, 1.165) is 12.1 Å². The lowest BCUT2D eigenvalue weighted by Gasteiger charge is -2.45. The Balaban J connectivity index is 1.49. The van der Waals surface area contributed by atoms with Gasteiger partial charge in [-0.3, -0.25) is 4.79 Å². The molecule has 2 fully saturated rings. The molecule has 2 aliphatic heterocycles. The van der Waals surface area contributed by atoms with Crippen LogP contribution in [0.1, 0.15) is 6.92 Å². The number of carboxylic acid groups (broad SMARTS) is 1. The Morgan fingerprint density at radius 3 is 2.19 bits per heavy atom. The summed E-state index contributed by atoms with van der Waals surface area (Å²) < 4.78 is 27.9. The molecule has 5 rings (SSSR count). The van der Waals surface area contributed by atoms with Crippen LogP contribution in [0, 0.1) is 0 Å². The molecule has 8 N–H and O–H groups in total. The first-order valence-corrected chi connectivity index (χ1v) is 12.7. The summed E-state index contributed by atoms with van der Waals surface area (Å²) in [5.74, 6) is -2.40. The van der Waals surface area contributed by atoms with Gasteiger partial charge < -0.3 is 64.2 Å². The van der Waals surface area contributed by atoms with E-state index < -0.39 is 78.6 Å². The summed E-state index contributed by atoms with van der Waals surface area (Å²) >= 11 is 0. The van der Waals surface area contributed by atoms with E-state index in [1.807, 2.05) is 0 Å². The Bertz CT molecular complexity index is 1500. The lowest BCUT2D eigenvalue weighted by atomic mass is 9.97. The smallest absolute Gasteiger partial charge is 0.335 e. The topological polar surface area (TPSA) is 246 Å². The fourth-order valence-corrected chi connectivity index (χ4v) is 4.77. The van der Waals surface area contributed by atoms with Crippen LogP contribution < -0.4 is 10.2 Å². The predicted molar refractivity (Wildman–Crippen MR) is 137 cm³/mol. The number of phenolic OH excluding ortho intramolecular Hbond substituents is 2. The number of fused-ring (bicyclic) bond motifs is 1. The molecule has 1 aromatic heterocycles. The fourth-order valence-electron chi connectivity index (χ4n) is 4.77. The van der Waals surface area contributed by atoms with Crippen molar-refractivity contribution in [2.45, 2.75) is 68.3 Å². The first-order chi connectivity index (χ1) is 19.8. The van der Waals surface area contributed by atoms with Crippen molar-refractivity contribution in [3.63, 3.8) is 0 Å². The number of aliphatic hydroxyl groups excluding tert-OH is 5. The lowest BCUT2D eigenvalue weighted by Crippen LogP contribution is -2.65. The quantitative estimate of drug-likeness (QED) is 0.171. The van der Waals surface area contributed by atoms with Crippen LogP contribution in [0.15, 0.2) is 51.7 Å². The van der Waals surface area contributed by atoms with Crippen molar-refractivity contribution in [1.82, 2.24) is 0 Å². The third kappa shape index (κ3) is 5.51. The highest BCUT2D eigenvalue weighted by Gasteiger charge is 2.52. The van der Waals surface area contributed by atoms with Crippen LogP contribution >= 0.6 is 0 Å². The van der Waals surface area contributed by atoms with E-state index >= 15 is 0 Å². The molecule has 4 unspecified atom stereocenters. The SMILES string of the molecule is CC1O[C@@H](OC2[C@H](Oc3cc(O)c4c(=O)cc(-c5ccc(O)cc5)oc4c3)OC(C(=O)O)[C@H](O)[C@@H]2O)C(O)[C@@H](O)[C@H]1O. The number of hydrogen-bond donors (Lipinski definition) is 8. The number of carbonyl (C=O) groups is 1. The largest absolute Gasteiger partial charge is 0.508 e. The molecular weight excluding hydrogens is 564 g/mol. The van der Waals surface area contributed by atoms with Gasteiger partial charge in [-0.2, -0.15) is 0 Å². The molecule has 0 spiro atoms. The summed E-state index contributed by atoms with van der Waals surface area (Å²) in [5.41, 5.74) is -0.335. The number of aliphatic carboxylic acids is 1. The van der Waals surface area contributed by atoms with Gasteiger partial charge in [0.1, 0.15) is 64.5 Å². The van der Waals surface area contributed by atoms with Crippen molar-refractivity contribution >= 4 is 16.9 Å². The molecule has 2 aromatic carbocycles. The molecule has 15 nitrogen and oxygen atoms in total. The fraction of sp³-hybridized carbons (Fsp3) is 0.407. The van der Waals surface area contributed by atoms with Crippen molar-refractivity contribution in [2.24, 2.45) is 0 Å². The van der Waals surface area contributed by atoms with Crippen molar-refractivity contribution in [3.05, 3.63) is 52.7 Å². The normalized spacial score (nSPS) is 33.4. The third-order valence-corrected chi connectivity index (χ3v) is 7.08. The number of ether oxygens (including phenoxy) is 4. The Morgan fingerprint density at radius 2 is 1.52 bits per heavy atom. The number of aromatic hydroxyl groups is 2. The maximum atomic E-state index is 12.8. The van der Waals surface area contributed by atoms with Gasteiger partial charge in [0.2, 0.25) is 6.29 Å². The Hall–Kier alpha value is -3.80. The van der Waals surface area contributed by atoms with Crippen LogP contribution in [0.5, 0.6) is 17.2 Å². The van der Waals surface area contributed by atoms with E-state index in [2.05, 4.69) is 0 Å². The van der Waals surface area contributed by atoms with Crippen molar-refractivity contribution in [1.29, 1.82) is 0 Å². The summed E-state index contributed by atoms with van der Waals surface area (Å²) in [5, 5.41) is 81.1. The van der Waals surface area contributed by atoms with Gasteiger partial charge in [-0.05, 0) is 31.2 Å². The average Bonchev–Trinajstić information content (AvgIpc) is 2.93. The van der Waals surface area contributed by atoms with Crippen molar-refractivity contribution in [3.8, 4) is 28.6 Å². The van der Waals surface area contributed by atoms with Crippen LogP contribution in [0.3, 0.4) is 0 Å². The molecule has 226 valence electrons. The number of rotatable bonds is 6. The minimum atomic E-state index is -2.03. The molecule has 3 aromatic rings. The van der Waals surface area contributed by atoms with E-state index in [0.29, 0.717) is 5.56 Å². The third-order valence-electron chi connectivity index (χ3n) is 7.08. The predicted octanol–water partition coefficient (Wildman–Crippen LogP) is -1.01. The number of phenols is 2. The Labute approximate surface area is 235 Å². The molecule has 15 heteroatoms. The van der Waals surface area contributed by atoms with Crippen LogP contribution in [-0.2, 0) is 19.0 Å². The van der Waals surface area contributed by atoms with Crippen LogP contribution in [0.4, 0.5) is 0 Å². The van der Waals surface area contributed by atoms with Gasteiger partial charge in [0, 0.05) is 23.8 Å². The zero-order valence-electron chi connectivity index (χ0n) is 21.8. The summed E-state index contributed by atoms with van der Waals surface area (Å²) in [6.07, 6.45) is -17.3. The van der Waals surface area contributed by atoms with Crippen molar-refractivity contribution in [2.75, 3.05) is 0 Å². The standard InChI is InChI=1S/C27H28O15/c1-9-18(31)19(32)22(35)26(38-9)42-24-21(34)20(33)23(25(36)37)41-27(24)39-12-6-13(29)17-14(30)8-15(40-16(17)7-12)10-2-4-11(28)5-3-10/h2-9,18-24,26-29,31-35H,1H3,(H,36,37)/t9?,18-,19-,20+,21-,22?,23?,24?,26-,27+/m0/s1. The maximum absolute atomic E-state index is 12.8. The van der Waals surface area contributed by atoms with Crippen LogP contribution in [-0.4, -0.2) is 108 Å². The van der Waals surface area contributed by atoms with Gasteiger partial charge in [0.25, 0.3) is 0 Å². The minimum absolute atomic E-state index is 0.0160. The minimum Gasteiger partial charge on any atom is -0.508 e. The number of aliphatic hydroxyl groups is 5. The lowest BCUT2D eigenvalue weighted by molar-refractivity contribution is -0.351. The van der Waals surface area contributed by atoms with E-state index in [1.165, 1.54) is 37.3 Å². The zero-order valence-corrected chi connectivity index (χ0v) is 21.8. The van der Waals surface area contributed by atoms with Crippen LogP contribution in [0.25, 0.3) is 22.3 Å². The number of carboxylic acids is 1. The molecule has 2 aliphatic rings. The number of benzene rings is 2. The molecule has 0 saturated carbocycles.